The highest BCUT2D eigenvalue weighted by atomic mass is 16.5. The quantitative estimate of drug-likeness (QED) is 0.813. The van der Waals surface area contributed by atoms with Gasteiger partial charge in [0, 0.05) is 13.1 Å². The van der Waals surface area contributed by atoms with Gasteiger partial charge in [0.25, 0.3) is 0 Å². The van der Waals surface area contributed by atoms with Gasteiger partial charge in [-0.05, 0) is 51.3 Å². The zero-order valence-corrected chi connectivity index (χ0v) is 13.2. The molecular weight excluding hydrogens is 252 g/mol. The summed E-state index contributed by atoms with van der Waals surface area (Å²) in [5.74, 6) is 0.932. The van der Waals surface area contributed by atoms with E-state index in [1.807, 2.05) is 20.8 Å². The average molecular weight is 278 g/mol. The molecule has 1 aromatic rings. The Labute approximate surface area is 122 Å². The molecule has 0 aliphatic carbocycles. The topological polar surface area (TPSA) is 41.6 Å². The lowest BCUT2D eigenvalue weighted by Gasteiger charge is -2.19. The number of hydrogen-bond acceptors (Lipinski definition) is 2. The van der Waals surface area contributed by atoms with Gasteiger partial charge in [0.05, 0.1) is 6.54 Å². The maximum Gasteiger partial charge on any atom is 0.317 e. The SMILES string of the molecule is CCN(CC)C(=O)NCCOc1c(C)ccc(C)c1C. The highest BCUT2D eigenvalue weighted by Crippen LogP contribution is 2.25. The summed E-state index contributed by atoms with van der Waals surface area (Å²) >= 11 is 0. The lowest BCUT2D eigenvalue weighted by molar-refractivity contribution is 0.200. The molecule has 0 bridgehead atoms. The summed E-state index contributed by atoms with van der Waals surface area (Å²) in [6, 6.07) is 4.13. The Morgan fingerprint density at radius 1 is 1.15 bits per heavy atom. The highest BCUT2D eigenvalue weighted by molar-refractivity contribution is 5.74. The van der Waals surface area contributed by atoms with E-state index >= 15 is 0 Å². The van der Waals surface area contributed by atoms with E-state index in [2.05, 4.69) is 31.3 Å². The molecule has 0 atom stereocenters. The van der Waals surface area contributed by atoms with Crippen LogP contribution in [0.4, 0.5) is 4.79 Å². The van der Waals surface area contributed by atoms with Crippen molar-refractivity contribution in [1.82, 2.24) is 10.2 Å². The van der Waals surface area contributed by atoms with Crippen LogP contribution in [0.3, 0.4) is 0 Å². The van der Waals surface area contributed by atoms with Gasteiger partial charge >= 0.3 is 6.03 Å². The molecule has 1 rings (SSSR count). The molecule has 1 aromatic carbocycles. The largest absolute Gasteiger partial charge is 0.491 e. The standard InChI is InChI=1S/C16H26N2O2/c1-6-18(7-2)16(19)17-10-11-20-15-13(4)9-8-12(3)14(15)5/h8-9H,6-7,10-11H2,1-5H3,(H,17,19). The molecule has 0 aromatic heterocycles. The van der Waals surface area contributed by atoms with Gasteiger partial charge in [-0.1, -0.05) is 12.1 Å². The first-order chi connectivity index (χ1) is 9.51. The fraction of sp³-hybridized carbons (Fsp3) is 0.562. The average Bonchev–Trinajstić information content (AvgIpc) is 2.43. The second kappa shape index (κ2) is 7.78. The minimum Gasteiger partial charge on any atom is -0.491 e. The van der Waals surface area contributed by atoms with E-state index in [-0.39, 0.29) is 6.03 Å². The predicted octanol–water partition coefficient (Wildman–Crippen LogP) is 3.04. The number of nitrogens with one attached hydrogen (secondary N) is 1. The van der Waals surface area contributed by atoms with Gasteiger partial charge in [0.1, 0.15) is 12.4 Å². The number of benzene rings is 1. The van der Waals surface area contributed by atoms with Crippen molar-refractivity contribution in [2.24, 2.45) is 0 Å². The Balaban J connectivity index is 2.46. The molecule has 0 aliphatic heterocycles. The van der Waals surface area contributed by atoms with Crippen LogP contribution in [0.5, 0.6) is 5.75 Å². The van der Waals surface area contributed by atoms with Crippen LogP contribution < -0.4 is 10.1 Å². The van der Waals surface area contributed by atoms with Gasteiger partial charge in [-0.2, -0.15) is 0 Å². The minimum atomic E-state index is -0.0312. The van der Waals surface area contributed by atoms with E-state index in [4.69, 9.17) is 4.74 Å². The number of urea groups is 1. The van der Waals surface area contributed by atoms with Crippen LogP contribution in [0.2, 0.25) is 0 Å². The molecule has 0 saturated carbocycles. The summed E-state index contributed by atoms with van der Waals surface area (Å²) in [7, 11) is 0. The third kappa shape index (κ3) is 4.15. The first-order valence-corrected chi connectivity index (χ1v) is 7.23. The molecule has 112 valence electrons. The van der Waals surface area contributed by atoms with Crippen LogP contribution in [0.15, 0.2) is 12.1 Å². The Kier molecular flexibility index (Phi) is 6.36. The molecule has 0 spiro atoms. The number of ether oxygens (including phenoxy) is 1. The number of nitrogens with zero attached hydrogens (tertiary/aromatic N) is 1. The summed E-state index contributed by atoms with van der Waals surface area (Å²) in [6.45, 7) is 12.6. The second-order valence-electron chi connectivity index (χ2n) is 4.91. The van der Waals surface area contributed by atoms with Crippen LogP contribution in [0, 0.1) is 20.8 Å². The second-order valence-corrected chi connectivity index (χ2v) is 4.91. The smallest absolute Gasteiger partial charge is 0.317 e. The number of carbonyl (C=O) groups excluding carboxylic acids is 1. The van der Waals surface area contributed by atoms with Crippen molar-refractivity contribution in [2.45, 2.75) is 34.6 Å². The highest BCUT2D eigenvalue weighted by Gasteiger charge is 2.09. The van der Waals surface area contributed by atoms with Crippen LogP contribution in [0.25, 0.3) is 0 Å². The Morgan fingerprint density at radius 2 is 1.75 bits per heavy atom. The van der Waals surface area contributed by atoms with Crippen molar-refractivity contribution in [1.29, 1.82) is 0 Å². The third-order valence-corrected chi connectivity index (χ3v) is 3.55. The van der Waals surface area contributed by atoms with Gasteiger partial charge in [0.2, 0.25) is 0 Å². The van der Waals surface area contributed by atoms with Gasteiger partial charge in [-0.25, -0.2) is 4.79 Å². The number of carbonyl (C=O) groups is 1. The number of amides is 2. The summed E-state index contributed by atoms with van der Waals surface area (Å²) < 4.78 is 5.81. The maximum atomic E-state index is 11.8. The molecule has 2 amide bonds. The van der Waals surface area contributed by atoms with Crippen molar-refractivity contribution in [2.75, 3.05) is 26.2 Å². The molecule has 1 N–H and O–H groups in total. The molecule has 4 heteroatoms. The van der Waals surface area contributed by atoms with Gasteiger partial charge < -0.3 is 15.0 Å². The Hall–Kier alpha value is -1.71. The van der Waals surface area contributed by atoms with Crippen LogP contribution >= 0.6 is 0 Å². The van der Waals surface area contributed by atoms with Gasteiger partial charge in [-0.3, -0.25) is 0 Å². The van der Waals surface area contributed by atoms with Crippen molar-refractivity contribution in [3.05, 3.63) is 28.8 Å². The minimum absolute atomic E-state index is 0.0312. The lowest BCUT2D eigenvalue weighted by atomic mass is 10.1. The van der Waals surface area contributed by atoms with E-state index in [1.54, 1.807) is 4.90 Å². The number of hydrogen-bond donors (Lipinski definition) is 1. The number of rotatable bonds is 6. The molecule has 0 unspecified atom stereocenters. The molecule has 4 nitrogen and oxygen atoms in total. The maximum absolute atomic E-state index is 11.8. The predicted molar refractivity (Wildman–Crippen MR) is 82.5 cm³/mol. The molecule has 20 heavy (non-hydrogen) atoms. The first-order valence-electron chi connectivity index (χ1n) is 7.23. The van der Waals surface area contributed by atoms with E-state index in [0.29, 0.717) is 13.2 Å². The van der Waals surface area contributed by atoms with Crippen molar-refractivity contribution < 1.29 is 9.53 Å². The molecule has 0 radical (unpaired) electrons. The molecule has 0 aliphatic rings. The van der Waals surface area contributed by atoms with Gasteiger partial charge in [0.15, 0.2) is 0 Å². The van der Waals surface area contributed by atoms with Crippen molar-refractivity contribution in [3.8, 4) is 5.75 Å². The monoisotopic (exact) mass is 278 g/mol. The van der Waals surface area contributed by atoms with Crippen molar-refractivity contribution >= 4 is 6.03 Å². The fourth-order valence-electron chi connectivity index (χ4n) is 2.08. The van der Waals surface area contributed by atoms with Crippen LogP contribution in [-0.2, 0) is 0 Å². The first kappa shape index (κ1) is 16.3. The van der Waals surface area contributed by atoms with Crippen LogP contribution in [0.1, 0.15) is 30.5 Å². The molecule has 0 saturated heterocycles. The Bertz CT molecular complexity index is 454. The van der Waals surface area contributed by atoms with Crippen LogP contribution in [-0.4, -0.2) is 37.2 Å². The molecule has 0 fully saturated rings. The fourth-order valence-corrected chi connectivity index (χ4v) is 2.08. The zero-order chi connectivity index (χ0) is 15.1. The zero-order valence-electron chi connectivity index (χ0n) is 13.2. The van der Waals surface area contributed by atoms with E-state index in [0.717, 1.165) is 24.4 Å². The molecule has 0 heterocycles. The Morgan fingerprint density at radius 3 is 2.35 bits per heavy atom. The molecular formula is C16H26N2O2. The third-order valence-electron chi connectivity index (χ3n) is 3.55. The summed E-state index contributed by atoms with van der Waals surface area (Å²) in [4.78, 5) is 13.5. The van der Waals surface area contributed by atoms with Crippen molar-refractivity contribution in [3.63, 3.8) is 0 Å². The lowest BCUT2D eigenvalue weighted by Crippen LogP contribution is -2.41. The normalized spacial score (nSPS) is 10.2. The summed E-state index contributed by atoms with van der Waals surface area (Å²) in [5.41, 5.74) is 3.51. The van der Waals surface area contributed by atoms with E-state index in [9.17, 15) is 4.79 Å². The summed E-state index contributed by atoms with van der Waals surface area (Å²) in [5, 5.41) is 2.87. The number of aryl methyl sites for hydroxylation is 2. The van der Waals surface area contributed by atoms with E-state index < -0.39 is 0 Å². The summed E-state index contributed by atoms with van der Waals surface area (Å²) in [6.07, 6.45) is 0. The van der Waals surface area contributed by atoms with Gasteiger partial charge in [-0.15, -0.1) is 0 Å². The van der Waals surface area contributed by atoms with E-state index in [1.165, 1.54) is 11.1 Å².